The van der Waals surface area contributed by atoms with Crippen molar-refractivity contribution in [2.45, 2.75) is 31.5 Å². The predicted molar refractivity (Wildman–Crippen MR) is 126 cm³/mol. The number of fused-ring (bicyclic) bond motifs is 1. The van der Waals surface area contributed by atoms with Gasteiger partial charge in [-0.25, -0.2) is 9.18 Å². The molecule has 0 aromatic heterocycles. The summed E-state index contributed by atoms with van der Waals surface area (Å²) >= 11 is 0. The Morgan fingerprint density at radius 2 is 1.77 bits per heavy atom. The lowest BCUT2D eigenvalue weighted by Crippen LogP contribution is -2.42. The Kier molecular flexibility index (Phi) is 9.86. The number of para-hydroxylation sites is 1. The van der Waals surface area contributed by atoms with Crippen LogP contribution in [0.4, 0.5) is 4.39 Å². The second kappa shape index (κ2) is 13.1. The van der Waals surface area contributed by atoms with Crippen LogP contribution in [0, 0.1) is 17.7 Å². The summed E-state index contributed by atoms with van der Waals surface area (Å²) in [6.07, 6.45) is 1.42. The topological polar surface area (TPSA) is 106 Å². The van der Waals surface area contributed by atoms with E-state index < -0.39 is 12.1 Å². The first-order valence-corrected chi connectivity index (χ1v) is 11.7. The molecule has 2 aromatic carbocycles. The van der Waals surface area contributed by atoms with Gasteiger partial charge in [-0.05, 0) is 67.5 Å². The Hall–Kier alpha value is -3.17. The minimum atomic E-state index is -0.566. The maximum absolute atomic E-state index is 13.0. The zero-order valence-corrected chi connectivity index (χ0v) is 19.7. The van der Waals surface area contributed by atoms with E-state index in [2.05, 4.69) is 4.90 Å². The molecule has 2 aliphatic rings. The van der Waals surface area contributed by atoms with Crippen LogP contribution >= 0.6 is 0 Å². The molecule has 4 rings (SSSR count). The first kappa shape index (κ1) is 26.4. The number of benzene rings is 2. The molecule has 0 radical (unpaired) electrons. The lowest BCUT2D eigenvalue weighted by molar-refractivity contribution is -0.122. The van der Waals surface area contributed by atoms with Gasteiger partial charge in [-0.15, -0.1) is 0 Å². The summed E-state index contributed by atoms with van der Waals surface area (Å²) in [5.41, 5.74) is 0.374. The van der Waals surface area contributed by atoms with E-state index in [1.165, 1.54) is 19.2 Å². The van der Waals surface area contributed by atoms with E-state index >= 15 is 0 Å². The van der Waals surface area contributed by atoms with Crippen molar-refractivity contribution < 1.29 is 38.4 Å². The van der Waals surface area contributed by atoms with Gasteiger partial charge in [0.05, 0.1) is 19.8 Å². The van der Waals surface area contributed by atoms with E-state index in [1.807, 2.05) is 6.07 Å². The summed E-state index contributed by atoms with van der Waals surface area (Å²) in [6.45, 7) is 3.17. The van der Waals surface area contributed by atoms with E-state index in [4.69, 9.17) is 24.1 Å². The van der Waals surface area contributed by atoms with E-state index in [0.717, 1.165) is 32.5 Å². The average molecular weight is 490 g/mol. The fraction of sp³-hybridized carbons (Fsp3) is 0.462. The highest BCUT2D eigenvalue weighted by Gasteiger charge is 2.42. The highest BCUT2D eigenvalue weighted by Crippen LogP contribution is 2.38. The molecule has 190 valence electrons. The molecule has 1 aliphatic heterocycles. The first-order valence-electron chi connectivity index (χ1n) is 11.7. The number of aliphatic hydroxyl groups excluding tert-OH is 1. The number of esters is 1. The molecule has 2 aromatic rings. The van der Waals surface area contributed by atoms with Crippen molar-refractivity contribution >= 4 is 12.4 Å². The SMILES string of the molecule is COC(=O)c1ccccc1O[C@@H]1C[C@@H]2CN(CCCOc3ccc(F)cc3)C[C@@H]2C[C@H]1O.O=CO. The summed E-state index contributed by atoms with van der Waals surface area (Å²) in [7, 11) is 1.34. The highest BCUT2D eigenvalue weighted by molar-refractivity contribution is 5.92. The van der Waals surface area contributed by atoms with Gasteiger partial charge in [0.1, 0.15) is 29.0 Å². The second-order valence-electron chi connectivity index (χ2n) is 8.72. The van der Waals surface area contributed by atoms with Crippen LogP contribution in [0.15, 0.2) is 48.5 Å². The number of nitrogens with zero attached hydrogens (tertiary/aromatic N) is 1. The van der Waals surface area contributed by atoms with Gasteiger partial charge in [-0.2, -0.15) is 0 Å². The highest BCUT2D eigenvalue weighted by atomic mass is 19.1. The molecule has 4 atom stereocenters. The Morgan fingerprint density at radius 3 is 2.46 bits per heavy atom. The summed E-state index contributed by atoms with van der Waals surface area (Å²) < 4.78 is 29.6. The van der Waals surface area contributed by atoms with Crippen LogP contribution in [0.25, 0.3) is 0 Å². The lowest BCUT2D eigenvalue weighted by atomic mass is 9.78. The average Bonchev–Trinajstić information content (AvgIpc) is 3.25. The number of likely N-dealkylation sites (tertiary alicyclic amines) is 1. The molecule has 2 fully saturated rings. The van der Waals surface area contributed by atoms with Crippen LogP contribution in [0.1, 0.15) is 29.6 Å². The predicted octanol–water partition coefficient (Wildman–Crippen LogP) is 3.23. The maximum atomic E-state index is 13.0. The minimum absolute atomic E-state index is 0.250. The molecule has 0 spiro atoms. The van der Waals surface area contributed by atoms with Gasteiger partial charge in [0.2, 0.25) is 0 Å². The lowest BCUT2D eigenvalue weighted by Gasteiger charge is -2.35. The monoisotopic (exact) mass is 489 g/mol. The molecule has 0 bridgehead atoms. The summed E-state index contributed by atoms with van der Waals surface area (Å²) in [4.78, 5) is 22.8. The number of carbonyl (C=O) groups is 2. The van der Waals surface area contributed by atoms with Gasteiger partial charge < -0.3 is 29.3 Å². The minimum Gasteiger partial charge on any atom is -0.494 e. The van der Waals surface area contributed by atoms with E-state index in [9.17, 15) is 14.3 Å². The Bertz CT molecular complexity index is 955. The van der Waals surface area contributed by atoms with Crippen LogP contribution in [-0.4, -0.2) is 73.1 Å². The molecule has 35 heavy (non-hydrogen) atoms. The molecule has 1 aliphatic carbocycles. The van der Waals surface area contributed by atoms with Crippen molar-refractivity contribution in [3.05, 3.63) is 59.9 Å². The molecular formula is C26H32FNO7. The third-order valence-electron chi connectivity index (χ3n) is 6.43. The van der Waals surface area contributed by atoms with Crippen LogP contribution < -0.4 is 9.47 Å². The molecule has 0 unspecified atom stereocenters. The van der Waals surface area contributed by atoms with E-state index in [-0.39, 0.29) is 18.4 Å². The number of hydrogen-bond donors (Lipinski definition) is 2. The van der Waals surface area contributed by atoms with Crippen molar-refractivity contribution in [1.82, 2.24) is 4.90 Å². The number of aliphatic hydroxyl groups is 1. The number of rotatable bonds is 8. The van der Waals surface area contributed by atoms with Gasteiger partial charge in [0.15, 0.2) is 0 Å². The molecular weight excluding hydrogens is 457 g/mol. The molecule has 9 heteroatoms. The van der Waals surface area contributed by atoms with Gasteiger partial charge in [-0.1, -0.05) is 12.1 Å². The van der Waals surface area contributed by atoms with Gasteiger partial charge in [-0.3, -0.25) is 4.79 Å². The van der Waals surface area contributed by atoms with Crippen LogP contribution in [-0.2, 0) is 9.53 Å². The van der Waals surface area contributed by atoms with Crippen molar-refractivity contribution in [1.29, 1.82) is 0 Å². The zero-order valence-electron chi connectivity index (χ0n) is 19.7. The number of methoxy groups -OCH3 is 1. The van der Waals surface area contributed by atoms with E-state index in [0.29, 0.717) is 41.9 Å². The van der Waals surface area contributed by atoms with Crippen LogP contribution in [0.5, 0.6) is 11.5 Å². The third-order valence-corrected chi connectivity index (χ3v) is 6.43. The molecule has 2 N–H and O–H groups in total. The van der Waals surface area contributed by atoms with E-state index in [1.54, 1.807) is 30.3 Å². The van der Waals surface area contributed by atoms with Gasteiger partial charge >= 0.3 is 5.97 Å². The molecule has 8 nitrogen and oxygen atoms in total. The summed E-state index contributed by atoms with van der Waals surface area (Å²) in [5, 5.41) is 17.6. The van der Waals surface area contributed by atoms with Crippen molar-refractivity contribution in [3.63, 3.8) is 0 Å². The largest absolute Gasteiger partial charge is 0.494 e. The fourth-order valence-corrected chi connectivity index (χ4v) is 4.82. The molecule has 1 heterocycles. The maximum Gasteiger partial charge on any atom is 0.341 e. The smallest absolute Gasteiger partial charge is 0.341 e. The first-order chi connectivity index (χ1) is 16.9. The fourth-order valence-electron chi connectivity index (χ4n) is 4.82. The Labute approximate surface area is 204 Å². The second-order valence-corrected chi connectivity index (χ2v) is 8.72. The zero-order chi connectivity index (χ0) is 25.2. The number of carboxylic acid groups (broad SMARTS) is 1. The van der Waals surface area contributed by atoms with Crippen LogP contribution in [0.2, 0.25) is 0 Å². The van der Waals surface area contributed by atoms with Crippen molar-refractivity contribution in [2.75, 3.05) is 33.4 Å². The summed E-state index contributed by atoms with van der Waals surface area (Å²) in [6, 6.07) is 13.1. The Morgan fingerprint density at radius 1 is 1.11 bits per heavy atom. The molecule has 1 saturated heterocycles. The standard InChI is InChI=1S/C25H30FNO5.CH2O2/c1-30-25(29)21-5-2-3-6-23(21)32-24-14-18-16-27(15-17(18)13-22(24)28)11-4-12-31-20-9-7-19(26)8-10-20;2-1-3/h2-3,5-10,17-18,22,24,28H,4,11-16H2,1H3;1H,(H,2,3)/t17-,18+,22+,24+;/m0./s1. The number of carbonyl (C=O) groups excluding carboxylic acids is 1. The van der Waals surface area contributed by atoms with Crippen LogP contribution in [0.3, 0.4) is 0 Å². The van der Waals surface area contributed by atoms with Crippen molar-refractivity contribution in [3.8, 4) is 11.5 Å². The number of ether oxygens (including phenoxy) is 3. The normalized spacial score (nSPS) is 23.4. The molecule has 1 saturated carbocycles. The number of hydrogen-bond acceptors (Lipinski definition) is 7. The molecule has 0 amide bonds. The third kappa shape index (κ3) is 7.40. The van der Waals surface area contributed by atoms with Gasteiger partial charge in [0.25, 0.3) is 6.47 Å². The summed E-state index contributed by atoms with van der Waals surface area (Å²) in [5.74, 6) is 1.31. The number of halogens is 1. The quantitative estimate of drug-likeness (QED) is 0.331. The Balaban J connectivity index is 0.00000108. The van der Waals surface area contributed by atoms with Gasteiger partial charge in [0, 0.05) is 19.6 Å². The van der Waals surface area contributed by atoms with Crippen molar-refractivity contribution in [2.24, 2.45) is 11.8 Å².